The highest BCUT2D eigenvalue weighted by Crippen LogP contribution is 2.40. The molecule has 0 aliphatic carbocycles. The van der Waals surface area contributed by atoms with Crippen molar-refractivity contribution in [1.82, 2.24) is 20.2 Å². The predicted octanol–water partition coefficient (Wildman–Crippen LogP) is 2.20. The number of nitrogens with zero attached hydrogens (tertiary/aromatic N) is 2. The summed E-state index contributed by atoms with van der Waals surface area (Å²) in [6.45, 7) is -0.354. The second-order valence-electron chi connectivity index (χ2n) is 5.71. The number of urea groups is 1. The predicted molar refractivity (Wildman–Crippen MR) is 84.4 cm³/mol. The van der Waals surface area contributed by atoms with E-state index in [2.05, 4.69) is 15.6 Å². The van der Waals surface area contributed by atoms with Crippen molar-refractivity contribution in [2.45, 2.75) is 24.7 Å². The maximum absolute atomic E-state index is 13.3. The highest BCUT2D eigenvalue weighted by molar-refractivity contribution is 5.73. The van der Waals surface area contributed by atoms with Crippen LogP contribution in [0.5, 0.6) is 0 Å². The first-order chi connectivity index (χ1) is 12.1. The molecule has 3 N–H and O–H groups in total. The molecule has 142 valence electrons. The molecule has 2 rings (SSSR count). The molecule has 0 bridgehead atoms. The Bertz CT molecular complexity index is 745. The highest BCUT2D eigenvalue weighted by atomic mass is 19.4. The van der Waals surface area contributed by atoms with Gasteiger partial charge >= 0.3 is 12.2 Å². The van der Waals surface area contributed by atoms with E-state index < -0.39 is 42.4 Å². The van der Waals surface area contributed by atoms with Crippen molar-refractivity contribution >= 4 is 6.03 Å². The first-order valence-corrected chi connectivity index (χ1v) is 7.66. The number of carbonyl (C=O) groups is 1. The van der Waals surface area contributed by atoms with Gasteiger partial charge in [0, 0.05) is 39.0 Å². The summed E-state index contributed by atoms with van der Waals surface area (Å²) in [6, 6.07) is 4.69. The lowest BCUT2D eigenvalue weighted by Gasteiger charge is -2.29. The molecule has 1 heterocycles. The molecule has 2 amide bonds. The van der Waals surface area contributed by atoms with Crippen LogP contribution in [-0.2, 0) is 19.2 Å². The van der Waals surface area contributed by atoms with E-state index in [0.717, 1.165) is 10.8 Å². The van der Waals surface area contributed by atoms with Crippen LogP contribution in [0.4, 0.5) is 22.4 Å². The number of hydrogen-bond acceptors (Lipinski definition) is 3. The summed E-state index contributed by atoms with van der Waals surface area (Å²) in [7, 11) is 1.34. The molecular weight excluding hydrogens is 356 g/mol. The standard InChI is InChI=1S/C16H18F4N4O2/c1-24-9-8-21-13(24)15(26,16(18,19)20)6-7-22-14(25)23-10-11-2-4-12(17)5-3-11/h2-5,8-9,26H,6-7,10H2,1H3,(H2,22,23,25)/t15-/m1/s1. The second-order valence-corrected chi connectivity index (χ2v) is 5.71. The quantitative estimate of drug-likeness (QED) is 0.679. The molecule has 26 heavy (non-hydrogen) atoms. The van der Waals surface area contributed by atoms with E-state index in [9.17, 15) is 27.5 Å². The lowest BCUT2D eigenvalue weighted by Crippen LogP contribution is -2.47. The average molecular weight is 374 g/mol. The summed E-state index contributed by atoms with van der Waals surface area (Å²) in [5.74, 6) is -0.975. The van der Waals surface area contributed by atoms with Gasteiger partial charge < -0.3 is 20.3 Å². The second kappa shape index (κ2) is 7.73. The number of aryl methyl sites for hydroxylation is 1. The number of imidazole rings is 1. The van der Waals surface area contributed by atoms with Gasteiger partial charge in [0.05, 0.1) is 0 Å². The number of benzene rings is 1. The first-order valence-electron chi connectivity index (χ1n) is 7.66. The number of nitrogens with one attached hydrogen (secondary N) is 2. The van der Waals surface area contributed by atoms with Gasteiger partial charge in [0.15, 0.2) is 0 Å². The summed E-state index contributed by atoms with van der Waals surface area (Å²) in [4.78, 5) is 15.3. The number of halogens is 4. The Morgan fingerprint density at radius 1 is 1.23 bits per heavy atom. The SMILES string of the molecule is Cn1ccnc1[C@](O)(CCNC(=O)NCc1ccc(F)cc1)C(F)(F)F. The third-order valence-corrected chi connectivity index (χ3v) is 3.80. The van der Waals surface area contributed by atoms with E-state index in [1.54, 1.807) is 0 Å². The summed E-state index contributed by atoms with van der Waals surface area (Å²) in [5, 5.41) is 14.8. The van der Waals surface area contributed by atoms with Crippen LogP contribution in [-0.4, -0.2) is 33.4 Å². The normalized spacial score (nSPS) is 13.9. The van der Waals surface area contributed by atoms with Crippen molar-refractivity contribution in [3.05, 3.63) is 53.9 Å². The number of rotatable bonds is 6. The molecule has 0 saturated carbocycles. The van der Waals surface area contributed by atoms with Crippen molar-refractivity contribution in [1.29, 1.82) is 0 Å². The Hall–Kier alpha value is -2.62. The Morgan fingerprint density at radius 2 is 1.88 bits per heavy atom. The topological polar surface area (TPSA) is 79.2 Å². The molecule has 0 aliphatic heterocycles. The molecule has 2 aromatic rings. The zero-order valence-corrected chi connectivity index (χ0v) is 13.8. The first kappa shape index (κ1) is 19.7. The van der Waals surface area contributed by atoms with Crippen molar-refractivity contribution in [2.24, 2.45) is 7.05 Å². The molecule has 0 spiro atoms. The summed E-state index contributed by atoms with van der Waals surface area (Å²) in [5.41, 5.74) is -2.56. The number of alkyl halides is 3. The number of carbonyl (C=O) groups excluding carboxylic acids is 1. The van der Waals surface area contributed by atoms with Gasteiger partial charge in [-0.15, -0.1) is 0 Å². The lowest BCUT2D eigenvalue weighted by molar-refractivity contribution is -0.272. The van der Waals surface area contributed by atoms with Crippen molar-refractivity contribution < 1.29 is 27.5 Å². The van der Waals surface area contributed by atoms with Gasteiger partial charge in [-0.3, -0.25) is 0 Å². The van der Waals surface area contributed by atoms with Gasteiger partial charge in [0.25, 0.3) is 0 Å². The zero-order valence-electron chi connectivity index (χ0n) is 13.8. The van der Waals surface area contributed by atoms with Gasteiger partial charge in [-0.1, -0.05) is 12.1 Å². The van der Waals surface area contributed by atoms with Crippen molar-refractivity contribution in [2.75, 3.05) is 6.54 Å². The third kappa shape index (κ3) is 4.51. The van der Waals surface area contributed by atoms with E-state index in [1.807, 2.05) is 0 Å². The monoisotopic (exact) mass is 374 g/mol. The highest BCUT2D eigenvalue weighted by Gasteiger charge is 2.57. The van der Waals surface area contributed by atoms with Crippen LogP contribution in [0.3, 0.4) is 0 Å². The van der Waals surface area contributed by atoms with Crippen molar-refractivity contribution in [3.63, 3.8) is 0 Å². The molecule has 0 radical (unpaired) electrons. The van der Waals surface area contributed by atoms with Crippen LogP contribution in [0, 0.1) is 5.82 Å². The molecule has 0 unspecified atom stereocenters. The van der Waals surface area contributed by atoms with Gasteiger partial charge in [-0.05, 0) is 17.7 Å². The summed E-state index contributed by atoms with van der Waals surface area (Å²) < 4.78 is 53.8. The largest absolute Gasteiger partial charge is 0.424 e. The van der Waals surface area contributed by atoms with Gasteiger partial charge in [0.2, 0.25) is 5.60 Å². The van der Waals surface area contributed by atoms with E-state index in [0.29, 0.717) is 5.56 Å². The Balaban J connectivity index is 1.90. The Kier molecular flexibility index (Phi) is 5.86. The maximum Gasteiger partial charge on any atom is 0.424 e. The van der Waals surface area contributed by atoms with Crippen LogP contribution in [0.25, 0.3) is 0 Å². The number of aliphatic hydroxyl groups is 1. The smallest absolute Gasteiger partial charge is 0.374 e. The van der Waals surface area contributed by atoms with E-state index >= 15 is 0 Å². The fourth-order valence-electron chi connectivity index (χ4n) is 2.35. The van der Waals surface area contributed by atoms with Crippen LogP contribution >= 0.6 is 0 Å². The molecule has 1 aromatic heterocycles. The minimum atomic E-state index is -4.96. The van der Waals surface area contributed by atoms with Gasteiger partial charge in [0.1, 0.15) is 11.6 Å². The third-order valence-electron chi connectivity index (χ3n) is 3.80. The summed E-state index contributed by atoms with van der Waals surface area (Å²) in [6.07, 6.45) is -3.33. The molecule has 10 heteroatoms. The average Bonchev–Trinajstić information content (AvgIpc) is 2.99. The molecule has 6 nitrogen and oxygen atoms in total. The van der Waals surface area contributed by atoms with Crippen LogP contribution in [0.15, 0.2) is 36.7 Å². The molecule has 0 fully saturated rings. The van der Waals surface area contributed by atoms with Crippen LogP contribution < -0.4 is 10.6 Å². The molecule has 0 saturated heterocycles. The fraction of sp³-hybridized carbons (Fsp3) is 0.375. The Labute approximate surface area is 146 Å². The minimum Gasteiger partial charge on any atom is -0.374 e. The minimum absolute atomic E-state index is 0.0784. The Morgan fingerprint density at radius 3 is 2.42 bits per heavy atom. The van der Waals surface area contributed by atoms with E-state index in [1.165, 1.54) is 37.5 Å². The van der Waals surface area contributed by atoms with Crippen LogP contribution in [0.2, 0.25) is 0 Å². The van der Waals surface area contributed by atoms with E-state index in [4.69, 9.17) is 0 Å². The maximum atomic E-state index is 13.3. The van der Waals surface area contributed by atoms with Gasteiger partial charge in [-0.25, -0.2) is 14.2 Å². The fourth-order valence-corrected chi connectivity index (χ4v) is 2.35. The number of amides is 2. The van der Waals surface area contributed by atoms with E-state index in [-0.39, 0.29) is 6.54 Å². The number of hydrogen-bond donors (Lipinski definition) is 3. The van der Waals surface area contributed by atoms with Gasteiger partial charge in [-0.2, -0.15) is 13.2 Å². The van der Waals surface area contributed by atoms with Crippen LogP contribution in [0.1, 0.15) is 17.8 Å². The lowest BCUT2D eigenvalue weighted by atomic mass is 9.97. The zero-order chi connectivity index (χ0) is 19.4. The molecule has 1 aromatic carbocycles. The molecular formula is C16H18F4N4O2. The van der Waals surface area contributed by atoms with Crippen molar-refractivity contribution in [3.8, 4) is 0 Å². The number of aromatic nitrogens is 2. The molecule has 0 aliphatic rings. The molecule has 1 atom stereocenters. The summed E-state index contributed by atoms with van der Waals surface area (Å²) >= 11 is 0.